The van der Waals surface area contributed by atoms with Gasteiger partial charge in [0.15, 0.2) is 0 Å². The molecular formula is C19H20FNO. The minimum absolute atomic E-state index is 0.110. The number of para-hydroxylation sites is 1. The van der Waals surface area contributed by atoms with Gasteiger partial charge in [0, 0.05) is 23.7 Å². The fourth-order valence-electron chi connectivity index (χ4n) is 3.20. The summed E-state index contributed by atoms with van der Waals surface area (Å²) < 4.78 is 13.6. The maximum absolute atomic E-state index is 13.6. The van der Waals surface area contributed by atoms with E-state index in [4.69, 9.17) is 0 Å². The van der Waals surface area contributed by atoms with Crippen LogP contribution in [-0.4, -0.2) is 12.5 Å². The molecule has 0 aliphatic carbocycles. The molecule has 114 valence electrons. The molecule has 1 amide bonds. The van der Waals surface area contributed by atoms with Crippen molar-refractivity contribution in [2.24, 2.45) is 5.92 Å². The second kappa shape index (κ2) is 5.56. The van der Waals surface area contributed by atoms with Crippen LogP contribution in [0.3, 0.4) is 0 Å². The average molecular weight is 297 g/mol. The number of hydrogen-bond acceptors (Lipinski definition) is 1. The van der Waals surface area contributed by atoms with Gasteiger partial charge >= 0.3 is 0 Å². The number of halogens is 1. The summed E-state index contributed by atoms with van der Waals surface area (Å²) in [4.78, 5) is 14.6. The number of anilines is 1. The molecule has 2 aromatic carbocycles. The minimum Gasteiger partial charge on any atom is -0.307 e. The van der Waals surface area contributed by atoms with Crippen molar-refractivity contribution in [2.75, 3.05) is 11.4 Å². The van der Waals surface area contributed by atoms with Gasteiger partial charge in [0.25, 0.3) is 5.91 Å². The van der Waals surface area contributed by atoms with Gasteiger partial charge in [-0.25, -0.2) is 4.39 Å². The van der Waals surface area contributed by atoms with E-state index in [1.165, 1.54) is 12.1 Å². The normalized spacial score (nSPS) is 17.8. The van der Waals surface area contributed by atoms with Crippen LogP contribution in [0.15, 0.2) is 42.5 Å². The van der Waals surface area contributed by atoms with E-state index >= 15 is 0 Å². The lowest BCUT2D eigenvalue weighted by molar-refractivity contribution is 0.0973. The van der Waals surface area contributed by atoms with E-state index in [2.05, 4.69) is 13.8 Å². The Labute approximate surface area is 130 Å². The average Bonchev–Trinajstić information content (AvgIpc) is 2.49. The Morgan fingerprint density at radius 1 is 1.18 bits per heavy atom. The molecule has 0 fully saturated rings. The molecule has 1 unspecified atom stereocenters. The first-order valence-corrected chi connectivity index (χ1v) is 7.66. The zero-order chi connectivity index (χ0) is 15.9. The summed E-state index contributed by atoms with van der Waals surface area (Å²) in [5, 5.41) is 0. The molecule has 22 heavy (non-hydrogen) atoms. The molecule has 1 atom stereocenters. The van der Waals surface area contributed by atoms with E-state index in [-0.39, 0.29) is 17.6 Å². The van der Waals surface area contributed by atoms with E-state index in [0.717, 1.165) is 16.8 Å². The quantitative estimate of drug-likeness (QED) is 0.797. The third kappa shape index (κ3) is 2.41. The smallest absolute Gasteiger partial charge is 0.258 e. The van der Waals surface area contributed by atoms with Crippen LogP contribution >= 0.6 is 0 Å². The molecule has 3 rings (SSSR count). The number of benzene rings is 2. The van der Waals surface area contributed by atoms with Crippen molar-refractivity contribution in [3.63, 3.8) is 0 Å². The number of carbonyl (C=O) groups excluding carboxylic acids is 1. The number of rotatable bonds is 2. The Balaban J connectivity index is 2.13. The van der Waals surface area contributed by atoms with Crippen LogP contribution < -0.4 is 4.90 Å². The molecule has 1 heterocycles. The van der Waals surface area contributed by atoms with Crippen LogP contribution in [-0.2, 0) is 0 Å². The predicted octanol–water partition coefficient (Wildman–Crippen LogP) is 4.53. The van der Waals surface area contributed by atoms with E-state index in [1.807, 2.05) is 31.2 Å². The molecule has 0 bridgehead atoms. The largest absolute Gasteiger partial charge is 0.307 e. The lowest BCUT2D eigenvalue weighted by Gasteiger charge is -2.37. The summed E-state index contributed by atoms with van der Waals surface area (Å²) >= 11 is 0. The number of fused-ring (bicyclic) bond motifs is 1. The van der Waals surface area contributed by atoms with Crippen molar-refractivity contribution in [1.29, 1.82) is 0 Å². The fourth-order valence-corrected chi connectivity index (χ4v) is 3.20. The molecule has 1 aliphatic rings. The lowest BCUT2D eigenvalue weighted by Crippen LogP contribution is -2.41. The molecule has 0 N–H and O–H groups in total. The van der Waals surface area contributed by atoms with Crippen molar-refractivity contribution in [2.45, 2.75) is 26.7 Å². The van der Waals surface area contributed by atoms with Gasteiger partial charge in [-0.15, -0.1) is 0 Å². The van der Waals surface area contributed by atoms with Gasteiger partial charge in [-0.1, -0.05) is 38.1 Å². The van der Waals surface area contributed by atoms with Gasteiger partial charge in [0.2, 0.25) is 0 Å². The van der Waals surface area contributed by atoms with Crippen molar-refractivity contribution in [3.05, 3.63) is 65.0 Å². The van der Waals surface area contributed by atoms with Crippen LogP contribution in [0.1, 0.15) is 41.3 Å². The summed E-state index contributed by atoms with van der Waals surface area (Å²) in [7, 11) is 0. The van der Waals surface area contributed by atoms with E-state index in [0.29, 0.717) is 18.0 Å². The molecule has 2 nitrogen and oxygen atoms in total. The maximum Gasteiger partial charge on any atom is 0.258 e. The molecular weight excluding hydrogens is 277 g/mol. The van der Waals surface area contributed by atoms with Crippen LogP contribution in [0.25, 0.3) is 0 Å². The van der Waals surface area contributed by atoms with Crippen molar-refractivity contribution in [1.82, 2.24) is 0 Å². The maximum atomic E-state index is 13.6. The molecule has 0 spiro atoms. The number of hydrogen-bond donors (Lipinski definition) is 0. The van der Waals surface area contributed by atoms with E-state index < -0.39 is 0 Å². The molecule has 3 heteroatoms. The van der Waals surface area contributed by atoms with Crippen molar-refractivity contribution >= 4 is 11.6 Å². The highest BCUT2D eigenvalue weighted by Gasteiger charge is 2.34. The highest BCUT2D eigenvalue weighted by atomic mass is 19.1. The number of amides is 1. The lowest BCUT2D eigenvalue weighted by atomic mass is 9.81. The molecule has 0 radical (unpaired) electrons. The Morgan fingerprint density at radius 3 is 2.59 bits per heavy atom. The van der Waals surface area contributed by atoms with Crippen LogP contribution in [0.4, 0.5) is 10.1 Å². The first kappa shape index (κ1) is 14.8. The first-order chi connectivity index (χ1) is 10.5. The summed E-state index contributed by atoms with van der Waals surface area (Å²) in [5.41, 5.74) is 3.42. The third-order valence-corrected chi connectivity index (χ3v) is 4.48. The van der Waals surface area contributed by atoms with Crippen LogP contribution in [0, 0.1) is 18.7 Å². The Hall–Kier alpha value is -2.16. The first-order valence-electron chi connectivity index (χ1n) is 7.66. The van der Waals surface area contributed by atoms with Crippen molar-refractivity contribution < 1.29 is 9.18 Å². The number of aryl methyl sites for hydroxylation is 1. The number of carbonyl (C=O) groups is 1. The van der Waals surface area contributed by atoms with Gasteiger partial charge in [-0.3, -0.25) is 4.79 Å². The Kier molecular flexibility index (Phi) is 3.73. The highest BCUT2D eigenvalue weighted by Crippen LogP contribution is 2.36. The van der Waals surface area contributed by atoms with Gasteiger partial charge in [-0.05, 0) is 42.2 Å². The van der Waals surface area contributed by atoms with Gasteiger partial charge in [0.05, 0.1) is 0 Å². The van der Waals surface area contributed by atoms with Gasteiger partial charge in [-0.2, -0.15) is 0 Å². The monoisotopic (exact) mass is 297 g/mol. The minimum atomic E-state index is -0.360. The summed E-state index contributed by atoms with van der Waals surface area (Å²) in [6.07, 6.45) is 0. The van der Waals surface area contributed by atoms with E-state index in [1.54, 1.807) is 11.0 Å². The molecule has 0 aromatic heterocycles. The Morgan fingerprint density at radius 2 is 1.91 bits per heavy atom. The van der Waals surface area contributed by atoms with Gasteiger partial charge < -0.3 is 4.90 Å². The molecule has 2 aromatic rings. The standard InChI is InChI=1S/C19H20FNO/c1-12(2)17-11-21(18-7-5-4-6-13(18)3)19(22)16-10-14(20)8-9-15(16)17/h4-10,12,17H,11H2,1-3H3. The topological polar surface area (TPSA) is 20.3 Å². The molecule has 0 saturated heterocycles. The third-order valence-electron chi connectivity index (χ3n) is 4.48. The van der Waals surface area contributed by atoms with E-state index in [9.17, 15) is 9.18 Å². The van der Waals surface area contributed by atoms with Crippen LogP contribution in [0.2, 0.25) is 0 Å². The van der Waals surface area contributed by atoms with Gasteiger partial charge in [0.1, 0.15) is 5.82 Å². The number of nitrogens with zero attached hydrogens (tertiary/aromatic N) is 1. The van der Waals surface area contributed by atoms with Crippen LogP contribution in [0.5, 0.6) is 0 Å². The summed E-state index contributed by atoms with van der Waals surface area (Å²) in [5.74, 6) is 0.124. The Bertz CT molecular complexity index is 723. The second-order valence-corrected chi connectivity index (χ2v) is 6.28. The fraction of sp³-hybridized carbons (Fsp3) is 0.316. The summed E-state index contributed by atoms with van der Waals surface area (Å²) in [6.45, 7) is 6.92. The zero-order valence-corrected chi connectivity index (χ0v) is 13.1. The SMILES string of the molecule is Cc1ccccc1N1CC(C(C)C)c2ccc(F)cc2C1=O. The van der Waals surface area contributed by atoms with Crippen molar-refractivity contribution in [3.8, 4) is 0 Å². The molecule has 1 aliphatic heterocycles. The second-order valence-electron chi connectivity index (χ2n) is 6.28. The molecule has 0 saturated carbocycles. The summed E-state index contributed by atoms with van der Waals surface area (Å²) in [6, 6.07) is 12.4. The zero-order valence-electron chi connectivity index (χ0n) is 13.1. The highest BCUT2D eigenvalue weighted by molar-refractivity contribution is 6.08. The predicted molar refractivity (Wildman–Crippen MR) is 86.8 cm³/mol.